The van der Waals surface area contributed by atoms with Crippen molar-refractivity contribution in [3.05, 3.63) is 23.9 Å². The zero-order chi connectivity index (χ0) is 15.6. The van der Waals surface area contributed by atoms with E-state index in [4.69, 9.17) is 4.74 Å². The number of hydrogen-bond donors (Lipinski definition) is 1. The van der Waals surface area contributed by atoms with Crippen molar-refractivity contribution in [2.45, 2.75) is 45.3 Å². The van der Waals surface area contributed by atoms with Crippen molar-refractivity contribution < 1.29 is 14.3 Å². The summed E-state index contributed by atoms with van der Waals surface area (Å²) in [7, 11) is 1.55. The number of nitrogens with one attached hydrogen (secondary N) is 1. The maximum absolute atomic E-state index is 12.7. The van der Waals surface area contributed by atoms with Crippen LogP contribution in [0.2, 0.25) is 0 Å². The van der Waals surface area contributed by atoms with Gasteiger partial charge in [0.25, 0.3) is 0 Å². The van der Waals surface area contributed by atoms with Crippen LogP contribution in [0.3, 0.4) is 0 Å². The standard InChI is InChI=1S/C15H21N3O3/c1-10-8-12(19)17-15(2,3)14(20)18(10)9-11-6-5-7-16-13(11)21-4/h5-7,10H,8-9H2,1-4H3,(H,17,19). The van der Waals surface area contributed by atoms with E-state index in [1.807, 2.05) is 13.0 Å². The van der Waals surface area contributed by atoms with Crippen molar-refractivity contribution in [3.63, 3.8) is 0 Å². The molecule has 2 heterocycles. The van der Waals surface area contributed by atoms with Crippen LogP contribution in [-0.2, 0) is 16.1 Å². The molecule has 0 radical (unpaired) electrons. The molecule has 114 valence electrons. The van der Waals surface area contributed by atoms with Gasteiger partial charge in [0.1, 0.15) is 5.54 Å². The normalized spacial score (nSPS) is 21.7. The van der Waals surface area contributed by atoms with Crippen molar-refractivity contribution in [2.24, 2.45) is 0 Å². The number of nitrogens with zero attached hydrogens (tertiary/aromatic N) is 2. The average molecular weight is 291 g/mol. The van der Waals surface area contributed by atoms with E-state index in [1.165, 1.54) is 0 Å². The number of hydrogen-bond acceptors (Lipinski definition) is 4. The molecule has 1 unspecified atom stereocenters. The van der Waals surface area contributed by atoms with Crippen LogP contribution in [0.4, 0.5) is 0 Å². The van der Waals surface area contributed by atoms with Crippen LogP contribution in [-0.4, -0.2) is 40.4 Å². The van der Waals surface area contributed by atoms with Gasteiger partial charge in [0.2, 0.25) is 17.7 Å². The molecule has 1 fully saturated rings. The van der Waals surface area contributed by atoms with Crippen LogP contribution in [0, 0.1) is 0 Å². The molecule has 0 saturated carbocycles. The number of carbonyl (C=O) groups excluding carboxylic acids is 2. The molecule has 2 amide bonds. The SMILES string of the molecule is COc1ncccc1CN1C(=O)C(C)(C)NC(=O)CC1C. The van der Waals surface area contributed by atoms with Gasteiger partial charge in [-0.05, 0) is 26.8 Å². The van der Waals surface area contributed by atoms with Gasteiger partial charge in [-0.2, -0.15) is 0 Å². The molecule has 1 saturated heterocycles. The Labute approximate surface area is 124 Å². The van der Waals surface area contributed by atoms with Crippen molar-refractivity contribution in [1.82, 2.24) is 15.2 Å². The summed E-state index contributed by atoms with van der Waals surface area (Å²) in [6.45, 7) is 5.69. The smallest absolute Gasteiger partial charge is 0.248 e. The molecule has 0 spiro atoms. The average Bonchev–Trinajstić information content (AvgIpc) is 2.49. The Kier molecular flexibility index (Phi) is 4.16. The van der Waals surface area contributed by atoms with E-state index < -0.39 is 5.54 Å². The van der Waals surface area contributed by atoms with Crippen molar-refractivity contribution >= 4 is 11.8 Å². The number of ether oxygens (including phenoxy) is 1. The van der Waals surface area contributed by atoms with Crippen molar-refractivity contribution in [2.75, 3.05) is 7.11 Å². The van der Waals surface area contributed by atoms with Crippen LogP contribution in [0.5, 0.6) is 5.88 Å². The molecule has 6 nitrogen and oxygen atoms in total. The van der Waals surface area contributed by atoms with Crippen LogP contribution in [0.1, 0.15) is 32.8 Å². The van der Waals surface area contributed by atoms with Crippen LogP contribution in [0.15, 0.2) is 18.3 Å². The van der Waals surface area contributed by atoms with E-state index in [1.54, 1.807) is 38.1 Å². The van der Waals surface area contributed by atoms with Gasteiger partial charge in [-0.3, -0.25) is 9.59 Å². The molecule has 0 aromatic carbocycles. The molecule has 1 aliphatic heterocycles. The van der Waals surface area contributed by atoms with E-state index in [9.17, 15) is 9.59 Å². The summed E-state index contributed by atoms with van der Waals surface area (Å²) in [5, 5.41) is 2.77. The van der Waals surface area contributed by atoms with E-state index in [0.29, 0.717) is 12.4 Å². The van der Waals surface area contributed by atoms with Gasteiger partial charge in [-0.25, -0.2) is 4.98 Å². The third kappa shape index (κ3) is 3.15. The van der Waals surface area contributed by atoms with Crippen molar-refractivity contribution in [1.29, 1.82) is 0 Å². The van der Waals surface area contributed by atoms with Gasteiger partial charge >= 0.3 is 0 Å². The fraction of sp³-hybridized carbons (Fsp3) is 0.533. The molecule has 1 aromatic rings. The molecule has 1 aliphatic rings. The Morgan fingerprint density at radius 1 is 1.48 bits per heavy atom. The van der Waals surface area contributed by atoms with Crippen LogP contribution in [0.25, 0.3) is 0 Å². The first-order chi connectivity index (χ1) is 9.85. The molecular weight excluding hydrogens is 270 g/mol. The third-order valence-corrected chi connectivity index (χ3v) is 3.64. The Balaban J connectivity index is 2.31. The summed E-state index contributed by atoms with van der Waals surface area (Å²) in [5.41, 5.74) is -0.0811. The lowest BCUT2D eigenvalue weighted by molar-refractivity contribution is -0.139. The number of amides is 2. The van der Waals surface area contributed by atoms with Crippen LogP contribution >= 0.6 is 0 Å². The Hall–Kier alpha value is -2.11. The second-order valence-corrected chi connectivity index (χ2v) is 5.83. The molecule has 1 aromatic heterocycles. The highest BCUT2D eigenvalue weighted by Crippen LogP contribution is 2.23. The summed E-state index contributed by atoms with van der Waals surface area (Å²) in [6, 6.07) is 3.50. The molecule has 0 aliphatic carbocycles. The molecule has 6 heteroatoms. The minimum absolute atomic E-state index is 0.105. The molecular formula is C15H21N3O3. The van der Waals surface area contributed by atoms with Gasteiger partial charge in [-0.1, -0.05) is 6.07 Å². The maximum Gasteiger partial charge on any atom is 0.248 e. The summed E-state index contributed by atoms with van der Waals surface area (Å²) in [4.78, 5) is 30.4. The largest absolute Gasteiger partial charge is 0.481 e. The Morgan fingerprint density at radius 2 is 2.19 bits per heavy atom. The molecule has 2 rings (SSSR count). The third-order valence-electron chi connectivity index (χ3n) is 3.64. The zero-order valence-electron chi connectivity index (χ0n) is 12.8. The molecule has 21 heavy (non-hydrogen) atoms. The molecule has 1 atom stereocenters. The minimum atomic E-state index is -0.905. The van der Waals surface area contributed by atoms with Crippen LogP contribution < -0.4 is 10.1 Å². The minimum Gasteiger partial charge on any atom is -0.481 e. The summed E-state index contributed by atoms with van der Waals surface area (Å²) in [5.74, 6) is 0.284. The number of methoxy groups -OCH3 is 1. The fourth-order valence-electron chi connectivity index (χ4n) is 2.53. The van der Waals surface area contributed by atoms with E-state index in [2.05, 4.69) is 10.3 Å². The first-order valence-electron chi connectivity index (χ1n) is 6.95. The molecule has 1 N–H and O–H groups in total. The van der Waals surface area contributed by atoms with Gasteiger partial charge < -0.3 is 15.0 Å². The van der Waals surface area contributed by atoms with E-state index in [0.717, 1.165) is 5.56 Å². The first kappa shape index (κ1) is 15.3. The topological polar surface area (TPSA) is 71.5 Å². The van der Waals surface area contributed by atoms with E-state index >= 15 is 0 Å². The Morgan fingerprint density at radius 3 is 2.86 bits per heavy atom. The number of pyridine rings is 1. The van der Waals surface area contributed by atoms with Gasteiger partial charge in [0, 0.05) is 24.2 Å². The predicted octanol–water partition coefficient (Wildman–Crippen LogP) is 1.11. The molecule has 0 bridgehead atoms. The maximum atomic E-state index is 12.7. The lowest BCUT2D eigenvalue weighted by atomic mass is 10.0. The van der Waals surface area contributed by atoms with Gasteiger partial charge in [-0.15, -0.1) is 0 Å². The number of rotatable bonds is 3. The number of aromatic nitrogens is 1. The quantitative estimate of drug-likeness (QED) is 0.905. The highest BCUT2D eigenvalue weighted by atomic mass is 16.5. The van der Waals surface area contributed by atoms with E-state index in [-0.39, 0.29) is 24.3 Å². The first-order valence-corrected chi connectivity index (χ1v) is 6.95. The predicted molar refractivity (Wildman–Crippen MR) is 77.6 cm³/mol. The van der Waals surface area contributed by atoms with Gasteiger partial charge in [0.15, 0.2) is 0 Å². The van der Waals surface area contributed by atoms with Crippen molar-refractivity contribution in [3.8, 4) is 5.88 Å². The highest BCUT2D eigenvalue weighted by Gasteiger charge is 2.39. The summed E-state index contributed by atoms with van der Waals surface area (Å²) in [6.07, 6.45) is 1.93. The van der Waals surface area contributed by atoms with Gasteiger partial charge in [0.05, 0.1) is 13.7 Å². The monoisotopic (exact) mass is 291 g/mol. The number of carbonyl (C=O) groups is 2. The summed E-state index contributed by atoms with van der Waals surface area (Å²) >= 11 is 0. The zero-order valence-corrected chi connectivity index (χ0v) is 12.8. The lowest BCUT2D eigenvalue weighted by Gasteiger charge is -2.32. The second kappa shape index (κ2) is 5.71. The Bertz CT molecular complexity index is 557. The highest BCUT2D eigenvalue weighted by molar-refractivity contribution is 5.93. The fourth-order valence-corrected chi connectivity index (χ4v) is 2.53. The summed E-state index contributed by atoms with van der Waals surface area (Å²) < 4.78 is 5.23. The lowest BCUT2D eigenvalue weighted by Crippen LogP contribution is -2.53. The second-order valence-electron chi connectivity index (χ2n) is 5.83.